The van der Waals surface area contributed by atoms with Crippen LogP contribution in [0.15, 0.2) is 0 Å². The lowest BCUT2D eigenvalue weighted by Crippen LogP contribution is -2.63. The minimum atomic E-state index is -1.12. The Morgan fingerprint density at radius 3 is 2.67 bits per heavy atom. The van der Waals surface area contributed by atoms with Gasteiger partial charge in [-0.1, -0.05) is 13.8 Å². The maximum absolute atomic E-state index is 12.8. The van der Waals surface area contributed by atoms with E-state index in [0.717, 1.165) is 0 Å². The Morgan fingerprint density at radius 1 is 1.38 bits per heavy atom. The molecule has 2 fully saturated rings. The van der Waals surface area contributed by atoms with Gasteiger partial charge in [0.1, 0.15) is 11.6 Å². The van der Waals surface area contributed by atoms with Crippen LogP contribution in [0.25, 0.3) is 0 Å². The third kappa shape index (κ3) is 2.45. The second-order valence-electron chi connectivity index (χ2n) is 5.64. The molecule has 0 aliphatic carbocycles. The number of hydrogen-bond donors (Lipinski definition) is 2. The molecule has 0 bridgehead atoms. The predicted molar refractivity (Wildman–Crippen MR) is 75.8 cm³/mol. The van der Waals surface area contributed by atoms with Crippen molar-refractivity contribution in [3.8, 4) is 0 Å². The molecule has 3 amide bonds. The summed E-state index contributed by atoms with van der Waals surface area (Å²) in [5, 5.41) is 12.3. The van der Waals surface area contributed by atoms with Gasteiger partial charge in [-0.05, 0) is 25.7 Å². The number of carbonyl (C=O) groups excluding carboxylic acids is 2. The molecular formula is C14H23N3O4. The molecule has 2 atom stereocenters. The van der Waals surface area contributed by atoms with Crippen LogP contribution in [0, 0.1) is 0 Å². The van der Waals surface area contributed by atoms with Crippen LogP contribution in [0.3, 0.4) is 0 Å². The summed E-state index contributed by atoms with van der Waals surface area (Å²) in [6.07, 6.45) is 2.06. The van der Waals surface area contributed by atoms with E-state index in [1.807, 2.05) is 6.92 Å². The smallest absolute Gasteiger partial charge is 0.329 e. The van der Waals surface area contributed by atoms with Crippen LogP contribution in [0.5, 0.6) is 0 Å². The Labute approximate surface area is 124 Å². The predicted octanol–water partition coefficient (Wildman–Crippen LogP) is 0.646. The number of nitrogens with one attached hydrogen (secondary N) is 1. The van der Waals surface area contributed by atoms with Crippen molar-refractivity contribution in [2.24, 2.45) is 0 Å². The maximum Gasteiger partial charge on any atom is 0.329 e. The number of amides is 3. The maximum atomic E-state index is 12.8. The van der Waals surface area contributed by atoms with Crippen LogP contribution in [0.4, 0.5) is 4.79 Å². The number of piperazine rings is 1. The second kappa shape index (κ2) is 5.91. The van der Waals surface area contributed by atoms with E-state index in [1.165, 1.54) is 9.80 Å². The molecule has 118 valence electrons. The van der Waals surface area contributed by atoms with E-state index in [1.54, 1.807) is 6.92 Å². The monoisotopic (exact) mass is 297 g/mol. The number of aliphatic carboxylic acids is 1. The Balaban J connectivity index is 2.25. The first-order valence-corrected chi connectivity index (χ1v) is 7.57. The second-order valence-corrected chi connectivity index (χ2v) is 5.64. The van der Waals surface area contributed by atoms with Crippen molar-refractivity contribution in [3.63, 3.8) is 0 Å². The van der Waals surface area contributed by atoms with E-state index in [2.05, 4.69) is 5.32 Å². The van der Waals surface area contributed by atoms with Crippen LogP contribution in [0.1, 0.15) is 39.5 Å². The number of carbonyl (C=O) groups is 3. The topological polar surface area (TPSA) is 90.0 Å². The molecule has 2 saturated heterocycles. The Morgan fingerprint density at radius 2 is 2.10 bits per heavy atom. The lowest BCUT2D eigenvalue weighted by molar-refractivity contribution is -0.148. The highest BCUT2D eigenvalue weighted by molar-refractivity contribution is 5.91. The first-order valence-electron chi connectivity index (χ1n) is 7.57. The molecule has 0 aromatic heterocycles. The average Bonchev–Trinajstić information content (AvgIpc) is 2.91. The van der Waals surface area contributed by atoms with E-state index in [9.17, 15) is 19.5 Å². The lowest BCUT2D eigenvalue weighted by atomic mass is 9.93. The molecule has 2 unspecified atom stereocenters. The van der Waals surface area contributed by atoms with E-state index in [0.29, 0.717) is 45.3 Å². The Kier molecular flexibility index (Phi) is 4.39. The van der Waals surface area contributed by atoms with Crippen molar-refractivity contribution in [2.75, 3.05) is 19.6 Å². The molecule has 0 radical (unpaired) electrons. The zero-order valence-corrected chi connectivity index (χ0v) is 12.6. The van der Waals surface area contributed by atoms with Crippen molar-refractivity contribution in [2.45, 2.75) is 51.1 Å². The van der Waals surface area contributed by atoms with Crippen LogP contribution in [-0.4, -0.2) is 64.0 Å². The number of carboxylic acid groups (broad SMARTS) is 1. The first kappa shape index (κ1) is 15.6. The molecule has 21 heavy (non-hydrogen) atoms. The van der Waals surface area contributed by atoms with Gasteiger partial charge < -0.3 is 20.2 Å². The fourth-order valence-electron chi connectivity index (χ4n) is 3.40. The molecule has 0 aromatic rings. The molecule has 2 aliphatic rings. The van der Waals surface area contributed by atoms with Crippen LogP contribution < -0.4 is 5.32 Å². The summed E-state index contributed by atoms with van der Waals surface area (Å²) < 4.78 is 0. The highest BCUT2D eigenvalue weighted by Crippen LogP contribution is 2.34. The van der Waals surface area contributed by atoms with E-state index in [-0.39, 0.29) is 11.9 Å². The summed E-state index contributed by atoms with van der Waals surface area (Å²) in [5.41, 5.74) is -1.12. The number of likely N-dealkylation sites (tertiary alicyclic amines) is 1. The van der Waals surface area contributed by atoms with E-state index in [4.69, 9.17) is 0 Å². The molecule has 7 heteroatoms. The number of rotatable bonds is 3. The van der Waals surface area contributed by atoms with Gasteiger partial charge in [-0.25, -0.2) is 9.59 Å². The summed E-state index contributed by atoms with van der Waals surface area (Å²) in [6, 6.07) is -0.825. The highest BCUT2D eigenvalue weighted by atomic mass is 16.4. The number of hydrogen-bond acceptors (Lipinski definition) is 3. The summed E-state index contributed by atoms with van der Waals surface area (Å²) in [4.78, 5) is 39.3. The summed E-state index contributed by atoms with van der Waals surface area (Å²) in [6.45, 7) is 4.93. The SMILES string of the molecule is CCC1C(=O)NCCN1C(=O)N1CCCC1(CC)C(=O)O. The zero-order chi connectivity index (χ0) is 15.6. The van der Waals surface area contributed by atoms with Crippen molar-refractivity contribution in [3.05, 3.63) is 0 Å². The van der Waals surface area contributed by atoms with Gasteiger partial charge >= 0.3 is 12.0 Å². The van der Waals surface area contributed by atoms with Gasteiger partial charge in [0, 0.05) is 19.6 Å². The van der Waals surface area contributed by atoms with Gasteiger partial charge in [-0.3, -0.25) is 4.79 Å². The summed E-state index contributed by atoms with van der Waals surface area (Å²) in [7, 11) is 0. The highest BCUT2D eigenvalue weighted by Gasteiger charge is 2.50. The van der Waals surface area contributed by atoms with Gasteiger partial charge in [0.2, 0.25) is 5.91 Å². The lowest BCUT2D eigenvalue weighted by Gasteiger charge is -2.41. The zero-order valence-electron chi connectivity index (χ0n) is 12.6. The molecule has 0 saturated carbocycles. The Bertz CT molecular complexity index is 454. The van der Waals surface area contributed by atoms with Gasteiger partial charge in [0.15, 0.2) is 0 Å². The van der Waals surface area contributed by atoms with Gasteiger partial charge in [-0.15, -0.1) is 0 Å². The molecule has 2 rings (SSSR count). The van der Waals surface area contributed by atoms with Crippen molar-refractivity contribution in [1.82, 2.24) is 15.1 Å². The minimum Gasteiger partial charge on any atom is -0.479 e. The molecule has 2 aliphatic heterocycles. The number of nitrogens with zero attached hydrogens (tertiary/aromatic N) is 2. The largest absolute Gasteiger partial charge is 0.479 e. The van der Waals surface area contributed by atoms with Gasteiger partial charge in [0.05, 0.1) is 0 Å². The van der Waals surface area contributed by atoms with E-state index < -0.39 is 17.6 Å². The fourth-order valence-corrected chi connectivity index (χ4v) is 3.40. The van der Waals surface area contributed by atoms with Crippen molar-refractivity contribution >= 4 is 17.9 Å². The minimum absolute atomic E-state index is 0.159. The average molecular weight is 297 g/mol. The van der Waals surface area contributed by atoms with Gasteiger partial charge in [-0.2, -0.15) is 0 Å². The van der Waals surface area contributed by atoms with Crippen LogP contribution in [-0.2, 0) is 9.59 Å². The molecule has 0 spiro atoms. The quantitative estimate of drug-likeness (QED) is 0.800. The molecule has 2 heterocycles. The van der Waals surface area contributed by atoms with Crippen molar-refractivity contribution < 1.29 is 19.5 Å². The number of carboxylic acids is 1. The molecule has 7 nitrogen and oxygen atoms in total. The van der Waals surface area contributed by atoms with Crippen molar-refractivity contribution in [1.29, 1.82) is 0 Å². The van der Waals surface area contributed by atoms with Crippen LogP contribution >= 0.6 is 0 Å². The van der Waals surface area contributed by atoms with Gasteiger partial charge in [0.25, 0.3) is 0 Å². The normalized spacial score (nSPS) is 29.4. The summed E-state index contributed by atoms with van der Waals surface area (Å²) in [5.74, 6) is -1.11. The molecule has 2 N–H and O–H groups in total. The third-order valence-electron chi connectivity index (χ3n) is 4.67. The van der Waals surface area contributed by atoms with Crippen LogP contribution in [0.2, 0.25) is 0 Å². The molecule has 0 aromatic carbocycles. The standard InChI is InChI=1S/C14H23N3O4/c1-3-10-11(18)15-7-9-16(10)13(21)17-8-5-6-14(17,4-2)12(19)20/h10H,3-9H2,1-2H3,(H,15,18)(H,19,20). The summed E-state index contributed by atoms with van der Waals surface area (Å²) >= 11 is 0. The van der Waals surface area contributed by atoms with E-state index >= 15 is 0 Å². The fraction of sp³-hybridized carbons (Fsp3) is 0.786. The third-order valence-corrected chi connectivity index (χ3v) is 4.67. The molecular weight excluding hydrogens is 274 g/mol. The first-order chi connectivity index (χ1) is 9.97. The number of urea groups is 1. The Hall–Kier alpha value is -1.79.